The molecule has 3 rings (SSSR count). The number of halogens is 2. The predicted octanol–water partition coefficient (Wildman–Crippen LogP) is 6.45. The zero-order valence-electron chi connectivity index (χ0n) is 21.1. The molecule has 7 heteroatoms. The van der Waals surface area contributed by atoms with Crippen LogP contribution in [0, 0.1) is 6.92 Å². The standard InChI is InChI=1S/C29H32Br2N2O3/c1-20-16-24(14-15-25(20)31)36-19-27(34)33(18-22-10-12-23(30)13-11-22)26(28(35)32-29(2,3)4)17-21-8-6-5-7-9-21/h5-16,26H,17-19H2,1-4H3,(H,32,35)/t26-/m1/s1. The molecular weight excluding hydrogens is 584 g/mol. The number of benzene rings is 3. The molecule has 0 fully saturated rings. The molecule has 1 atom stereocenters. The van der Waals surface area contributed by atoms with Crippen LogP contribution >= 0.6 is 31.9 Å². The summed E-state index contributed by atoms with van der Waals surface area (Å²) in [7, 11) is 0. The zero-order chi connectivity index (χ0) is 26.3. The van der Waals surface area contributed by atoms with Gasteiger partial charge in [-0.05, 0) is 74.7 Å². The van der Waals surface area contributed by atoms with Gasteiger partial charge in [-0.3, -0.25) is 9.59 Å². The van der Waals surface area contributed by atoms with Gasteiger partial charge in [0.05, 0.1) is 0 Å². The molecule has 0 aliphatic rings. The lowest BCUT2D eigenvalue weighted by Gasteiger charge is -2.33. The minimum atomic E-state index is -0.710. The quantitative estimate of drug-likeness (QED) is 0.301. The fourth-order valence-corrected chi connectivity index (χ4v) is 4.24. The van der Waals surface area contributed by atoms with E-state index in [-0.39, 0.29) is 25.0 Å². The Morgan fingerprint density at radius 3 is 2.22 bits per heavy atom. The number of nitrogens with zero attached hydrogens (tertiary/aromatic N) is 1. The van der Waals surface area contributed by atoms with E-state index in [2.05, 4.69) is 37.2 Å². The normalized spacial score (nSPS) is 12.1. The van der Waals surface area contributed by atoms with Gasteiger partial charge in [0.2, 0.25) is 5.91 Å². The average molecular weight is 616 g/mol. The summed E-state index contributed by atoms with van der Waals surface area (Å²) in [5.74, 6) is 0.145. The molecule has 0 saturated heterocycles. The van der Waals surface area contributed by atoms with Gasteiger partial charge in [0, 0.05) is 27.4 Å². The molecule has 0 unspecified atom stereocenters. The summed E-state index contributed by atoms with van der Waals surface area (Å²) in [4.78, 5) is 28.8. The first-order valence-corrected chi connectivity index (χ1v) is 13.4. The van der Waals surface area contributed by atoms with E-state index in [0.717, 1.165) is 25.6 Å². The first-order valence-electron chi connectivity index (χ1n) is 11.8. The average Bonchev–Trinajstić information content (AvgIpc) is 2.82. The van der Waals surface area contributed by atoms with Crippen molar-refractivity contribution in [2.75, 3.05) is 6.61 Å². The molecule has 36 heavy (non-hydrogen) atoms. The van der Waals surface area contributed by atoms with Gasteiger partial charge >= 0.3 is 0 Å². The van der Waals surface area contributed by atoms with E-state index in [1.54, 1.807) is 4.90 Å². The summed E-state index contributed by atoms with van der Waals surface area (Å²) in [6.07, 6.45) is 0.391. The summed E-state index contributed by atoms with van der Waals surface area (Å²) in [5.41, 5.74) is 2.47. The minimum Gasteiger partial charge on any atom is -0.484 e. The van der Waals surface area contributed by atoms with Gasteiger partial charge in [0.1, 0.15) is 11.8 Å². The molecule has 3 aromatic rings. The molecule has 0 saturated carbocycles. The van der Waals surface area contributed by atoms with Crippen LogP contribution < -0.4 is 10.1 Å². The molecule has 190 valence electrons. The molecule has 0 aromatic heterocycles. The number of carbonyl (C=O) groups excluding carboxylic acids is 2. The van der Waals surface area contributed by atoms with Crippen molar-refractivity contribution in [1.29, 1.82) is 0 Å². The smallest absolute Gasteiger partial charge is 0.261 e. The predicted molar refractivity (Wildman–Crippen MR) is 151 cm³/mol. The van der Waals surface area contributed by atoms with Crippen LogP contribution in [0.25, 0.3) is 0 Å². The third-order valence-corrected chi connectivity index (χ3v) is 6.95. The van der Waals surface area contributed by atoms with Crippen LogP contribution in [-0.4, -0.2) is 34.9 Å². The fourth-order valence-electron chi connectivity index (χ4n) is 3.73. The monoisotopic (exact) mass is 614 g/mol. The van der Waals surface area contributed by atoms with E-state index >= 15 is 0 Å². The maximum absolute atomic E-state index is 13.6. The SMILES string of the molecule is Cc1cc(OCC(=O)N(Cc2ccc(Br)cc2)[C@H](Cc2ccccc2)C(=O)NC(C)(C)C)ccc1Br. The highest BCUT2D eigenvalue weighted by atomic mass is 79.9. The summed E-state index contributed by atoms with van der Waals surface area (Å²) < 4.78 is 7.79. The largest absolute Gasteiger partial charge is 0.484 e. The van der Waals surface area contributed by atoms with E-state index in [4.69, 9.17) is 4.74 Å². The van der Waals surface area contributed by atoms with Gasteiger partial charge in [-0.2, -0.15) is 0 Å². The first kappa shape index (κ1) is 27.9. The Bertz CT molecular complexity index is 1180. The summed E-state index contributed by atoms with van der Waals surface area (Å²) in [5, 5.41) is 3.07. The fraction of sp³-hybridized carbons (Fsp3) is 0.310. The molecule has 0 spiro atoms. The van der Waals surface area contributed by atoms with Crippen LogP contribution in [0.3, 0.4) is 0 Å². The van der Waals surface area contributed by atoms with Gasteiger partial charge in [-0.1, -0.05) is 74.3 Å². The number of nitrogens with one attached hydrogen (secondary N) is 1. The van der Waals surface area contributed by atoms with Crippen LogP contribution in [0.2, 0.25) is 0 Å². The number of hydrogen-bond donors (Lipinski definition) is 1. The highest BCUT2D eigenvalue weighted by molar-refractivity contribution is 9.10. The molecule has 1 N–H and O–H groups in total. The van der Waals surface area contributed by atoms with E-state index < -0.39 is 11.6 Å². The molecule has 0 heterocycles. The molecular formula is C29H32Br2N2O3. The number of hydrogen-bond acceptors (Lipinski definition) is 3. The molecule has 0 bridgehead atoms. The van der Waals surface area contributed by atoms with Crippen molar-refractivity contribution in [1.82, 2.24) is 10.2 Å². The van der Waals surface area contributed by atoms with Crippen LogP contribution in [0.15, 0.2) is 81.7 Å². The molecule has 0 aliphatic heterocycles. The molecule has 5 nitrogen and oxygen atoms in total. The van der Waals surface area contributed by atoms with Crippen molar-refractivity contribution < 1.29 is 14.3 Å². The second-order valence-electron chi connectivity index (χ2n) is 9.79. The Morgan fingerprint density at radius 1 is 0.944 bits per heavy atom. The van der Waals surface area contributed by atoms with Gasteiger partial charge in [-0.25, -0.2) is 0 Å². The Hall–Kier alpha value is -2.64. The van der Waals surface area contributed by atoms with Crippen molar-refractivity contribution in [3.05, 3.63) is 98.4 Å². The van der Waals surface area contributed by atoms with Crippen molar-refractivity contribution in [2.45, 2.75) is 52.2 Å². The third-order valence-electron chi connectivity index (χ3n) is 5.53. The molecule has 0 radical (unpaired) electrons. The highest BCUT2D eigenvalue weighted by Gasteiger charge is 2.32. The minimum absolute atomic E-state index is 0.175. The van der Waals surface area contributed by atoms with E-state index in [1.165, 1.54) is 0 Å². The van der Waals surface area contributed by atoms with E-state index in [9.17, 15) is 9.59 Å². The lowest BCUT2D eigenvalue weighted by Crippen LogP contribution is -2.55. The third kappa shape index (κ3) is 8.49. The number of amides is 2. The van der Waals surface area contributed by atoms with Crippen molar-refractivity contribution in [3.8, 4) is 5.75 Å². The maximum Gasteiger partial charge on any atom is 0.261 e. The van der Waals surface area contributed by atoms with Crippen LogP contribution in [-0.2, 0) is 22.6 Å². The number of rotatable bonds is 9. The first-order chi connectivity index (χ1) is 17.0. The Labute approximate surface area is 230 Å². The number of aryl methyl sites for hydroxylation is 1. The summed E-state index contributed by atoms with van der Waals surface area (Å²) in [6.45, 7) is 7.87. The van der Waals surface area contributed by atoms with E-state index in [0.29, 0.717) is 12.2 Å². The lowest BCUT2D eigenvalue weighted by atomic mass is 10.0. The maximum atomic E-state index is 13.6. The van der Waals surface area contributed by atoms with Gasteiger partial charge in [-0.15, -0.1) is 0 Å². The van der Waals surface area contributed by atoms with Gasteiger partial charge in [0.15, 0.2) is 6.61 Å². The van der Waals surface area contributed by atoms with Crippen LogP contribution in [0.1, 0.15) is 37.5 Å². The molecule has 3 aromatic carbocycles. The number of ether oxygens (including phenoxy) is 1. The van der Waals surface area contributed by atoms with E-state index in [1.807, 2.05) is 100 Å². The van der Waals surface area contributed by atoms with Gasteiger partial charge < -0.3 is 15.0 Å². The Morgan fingerprint density at radius 2 is 1.61 bits per heavy atom. The molecule has 0 aliphatic carbocycles. The number of carbonyl (C=O) groups is 2. The Balaban J connectivity index is 1.92. The van der Waals surface area contributed by atoms with Crippen LogP contribution in [0.4, 0.5) is 0 Å². The van der Waals surface area contributed by atoms with Gasteiger partial charge in [0.25, 0.3) is 5.91 Å². The highest BCUT2D eigenvalue weighted by Crippen LogP contribution is 2.22. The topological polar surface area (TPSA) is 58.6 Å². The molecule has 2 amide bonds. The second kappa shape index (κ2) is 12.5. The summed E-state index contributed by atoms with van der Waals surface area (Å²) in [6, 6.07) is 22.4. The van der Waals surface area contributed by atoms with Crippen LogP contribution in [0.5, 0.6) is 5.75 Å². The zero-order valence-corrected chi connectivity index (χ0v) is 24.2. The second-order valence-corrected chi connectivity index (χ2v) is 11.6. The van der Waals surface area contributed by atoms with Crippen molar-refractivity contribution in [3.63, 3.8) is 0 Å². The van der Waals surface area contributed by atoms with Crippen molar-refractivity contribution in [2.24, 2.45) is 0 Å². The lowest BCUT2D eigenvalue weighted by molar-refractivity contribution is -0.143. The summed E-state index contributed by atoms with van der Waals surface area (Å²) >= 11 is 6.95. The van der Waals surface area contributed by atoms with Crippen molar-refractivity contribution >= 4 is 43.7 Å². The Kier molecular flexibility index (Phi) is 9.74.